The molecule has 1 aliphatic heterocycles. The molecule has 116 valence electrons. The molecule has 0 saturated heterocycles. The minimum atomic E-state index is -0.355. The van der Waals surface area contributed by atoms with E-state index in [0.717, 1.165) is 0 Å². The molecule has 0 atom stereocenters. The summed E-state index contributed by atoms with van der Waals surface area (Å²) >= 11 is 6.15. The van der Waals surface area contributed by atoms with Crippen LogP contribution in [0, 0.1) is 5.82 Å². The van der Waals surface area contributed by atoms with Gasteiger partial charge in [-0.1, -0.05) is 23.7 Å². The number of allylic oxidation sites excluding steroid dienone is 1. The van der Waals surface area contributed by atoms with Gasteiger partial charge in [-0.15, -0.1) is 0 Å². The van der Waals surface area contributed by atoms with E-state index in [1.165, 1.54) is 12.1 Å². The predicted molar refractivity (Wildman–Crippen MR) is 85.9 cm³/mol. The Morgan fingerprint density at radius 1 is 1.26 bits per heavy atom. The Morgan fingerprint density at radius 2 is 2.00 bits per heavy atom. The summed E-state index contributed by atoms with van der Waals surface area (Å²) in [6, 6.07) is 8.93. The maximum absolute atomic E-state index is 12.9. The van der Waals surface area contributed by atoms with Crippen LogP contribution in [0.25, 0.3) is 11.6 Å². The van der Waals surface area contributed by atoms with Gasteiger partial charge in [0.2, 0.25) is 0 Å². The van der Waals surface area contributed by atoms with Crippen molar-refractivity contribution in [2.45, 2.75) is 0 Å². The maximum Gasteiger partial charge on any atom is 0.262 e. The maximum atomic E-state index is 12.9. The zero-order chi connectivity index (χ0) is 16.4. The number of hydrogen-bond donors (Lipinski definition) is 1. The fraction of sp³-hybridized carbons (Fsp3) is 0.0588. The highest BCUT2D eigenvalue weighted by Gasteiger charge is 2.20. The number of nitrogens with one attached hydrogen (secondary N) is 1. The molecular formula is C17H11ClFNO3. The first-order valence-corrected chi connectivity index (χ1v) is 7.13. The fourth-order valence-electron chi connectivity index (χ4n) is 2.25. The predicted octanol–water partition coefficient (Wildman–Crippen LogP) is 3.55. The number of carbonyl (C=O) groups is 2. The Kier molecular flexibility index (Phi) is 4.12. The van der Waals surface area contributed by atoms with E-state index in [0.29, 0.717) is 39.4 Å². The second kappa shape index (κ2) is 6.22. The van der Waals surface area contributed by atoms with Gasteiger partial charge in [0.1, 0.15) is 5.82 Å². The van der Waals surface area contributed by atoms with Gasteiger partial charge < -0.3 is 10.1 Å². The molecule has 4 nitrogen and oxygen atoms in total. The number of rotatable bonds is 3. The van der Waals surface area contributed by atoms with Crippen LogP contribution in [0.15, 0.2) is 36.4 Å². The lowest BCUT2D eigenvalue weighted by Crippen LogP contribution is -2.25. The smallest absolute Gasteiger partial charge is 0.262 e. The average Bonchev–Trinajstić information content (AvgIpc) is 2.53. The molecule has 23 heavy (non-hydrogen) atoms. The van der Waals surface area contributed by atoms with Crippen molar-refractivity contribution in [1.82, 2.24) is 0 Å². The second-order valence-electron chi connectivity index (χ2n) is 4.94. The molecule has 0 unspecified atom stereocenters. The summed E-state index contributed by atoms with van der Waals surface area (Å²) in [6.45, 7) is -0.0992. The zero-order valence-electron chi connectivity index (χ0n) is 11.8. The van der Waals surface area contributed by atoms with Gasteiger partial charge in [0.25, 0.3) is 5.91 Å². The van der Waals surface area contributed by atoms with Crippen LogP contribution in [0.2, 0.25) is 5.02 Å². The first-order valence-electron chi connectivity index (χ1n) is 6.76. The van der Waals surface area contributed by atoms with Crippen molar-refractivity contribution in [3.05, 3.63) is 58.4 Å². The highest BCUT2D eigenvalue weighted by molar-refractivity contribution is 6.33. The minimum absolute atomic E-state index is 0.0992. The Bertz CT molecular complexity index is 815. The van der Waals surface area contributed by atoms with Crippen molar-refractivity contribution in [3.63, 3.8) is 0 Å². The molecule has 1 amide bonds. The van der Waals surface area contributed by atoms with E-state index in [4.69, 9.17) is 16.3 Å². The number of halogens is 2. The van der Waals surface area contributed by atoms with E-state index in [2.05, 4.69) is 5.32 Å². The molecule has 0 radical (unpaired) electrons. The van der Waals surface area contributed by atoms with Gasteiger partial charge in [-0.2, -0.15) is 0 Å². The minimum Gasteiger partial charge on any atom is -0.480 e. The van der Waals surface area contributed by atoms with Gasteiger partial charge in [0, 0.05) is 5.57 Å². The van der Waals surface area contributed by atoms with E-state index >= 15 is 0 Å². The summed E-state index contributed by atoms with van der Waals surface area (Å²) < 4.78 is 18.2. The Morgan fingerprint density at radius 3 is 2.70 bits per heavy atom. The van der Waals surface area contributed by atoms with Crippen molar-refractivity contribution in [2.75, 3.05) is 11.9 Å². The van der Waals surface area contributed by atoms with Crippen molar-refractivity contribution >= 4 is 41.1 Å². The SMILES string of the molecule is O=C/C(=C\c1ccc(F)cc1)c1cc(Cl)c2c(c1)NC(=O)CO2. The van der Waals surface area contributed by atoms with Crippen LogP contribution in [0.3, 0.4) is 0 Å². The number of aldehydes is 1. The van der Waals surface area contributed by atoms with E-state index in [9.17, 15) is 14.0 Å². The highest BCUT2D eigenvalue weighted by Crippen LogP contribution is 2.38. The third-order valence-electron chi connectivity index (χ3n) is 3.32. The zero-order valence-corrected chi connectivity index (χ0v) is 12.6. The molecule has 0 saturated carbocycles. The van der Waals surface area contributed by atoms with Gasteiger partial charge in [-0.05, 0) is 41.5 Å². The molecule has 0 fully saturated rings. The summed E-state index contributed by atoms with van der Waals surface area (Å²) in [5, 5.41) is 2.95. The quantitative estimate of drug-likeness (QED) is 0.531. The summed E-state index contributed by atoms with van der Waals surface area (Å²) in [6.07, 6.45) is 2.28. The van der Waals surface area contributed by atoms with E-state index in [1.807, 2.05) is 0 Å². The normalized spacial score (nSPS) is 13.8. The van der Waals surface area contributed by atoms with Gasteiger partial charge in [-0.25, -0.2) is 4.39 Å². The molecule has 0 aliphatic carbocycles. The summed E-state index contributed by atoms with van der Waals surface area (Å²) in [5.41, 5.74) is 1.96. The van der Waals surface area contributed by atoms with Gasteiger partial charge in [-0.3, -0.25) is 9.59 Å². The number of fused-ring (bicyclic) bond motifs is 1. The van der Waals surface area contributed by atoms with Gasteiger partial charge in [0.15, 0.2) is 18.6 Å². The lowest BCUT2D eigenvalue weighted by molar-refractivity contribution is -0.118. The summed E-state index contributed by atoms with van der Waals surface area (Å²) in [7, 11) is 0. The fourth-order valence-corrected chi connectivity index (χ4v) is 2.52. The molecule has 6 heteroatoms. The van der Waals surface area contributed by atoms with E-state index < -0.39 is 0 Å². The third-order valence-corrected chi connectivity index (χ3v) is 3.60. The molecule has 0 bridgehead atoms. The molecule has 2 aromatic carbocycles. The van der Waals surface area contributed by atoms with Crippen LogP contribution in [0.1, 0.15) is 11.1 Å². The highest BCUT2D eigenvalue weighted by atomic mass is 35.5. The van der Waals surface area contributed by atoms with Crippen molar-refractivity contribution in [3.8, 4) is 5.75 Å². The molecular weight excluding hydrogens is 321 g/mol. The molecule has 0 spiro atoms. The Labute approximate surface area is 136 Å². The first-order chi connectivity index (χ1) is 11.1. The number of hydrogen-bond acceptors (Lipinski definition) is 3. The number of amides is 1. The van der Waals surface area contributed by atoms with Gasteiger partial charge >= 0.3 is 0 Å². The second-order valence-corrected chi connectivity index (χ2v) is 5.35. The largest absolute Gasteiger partial charge is 0.480 e. The van der Waals surface area contributed by atoms with Crippen LogP contribution >= 0.6 is 11.6 Å². The lowest BCUT2D eigenvalue weighted by Gasteiger charge is -2.20. The lowest BCUT2D eigenvalue weighted by atomic mass is 10.0. The van der Waals surface area contributed by atoms with Crippen LogP contribution in [0.5, 0.6) is 5.75 Å². The van der Waals surface area contributed by atoms with Crippen LogP contribution in [0.4, 0.5) is 10.1 Å². The van der Waals surface area contributed by atoms with E-state index in [1.54, 1.807) is 30.3 Å². The Hall–Kier alpha value is -2.66. The molecule has 1 heterocycles. The number of benzene rings is 2. The van der Waals surface area contributed by atoms with Gasteiger partial charge in [0.05, 0.1) is 10.7 Å². The topological polar surface area (TPSA) is 55.4 Å². The molecule has 2 aromatic rings. The van der Waals surface area contributed by atoms with Crippen molar-refractivity contribution < 1.29 is 18.7 Å². The molecule has 0 aromatic heterocycles. The number of ether oxygens (including phenoxy) is 1. The monoisotopic (exact) mass is 331 g/mol. The van der Waals surface area contributed by atoms with Crippen LogP contribution in [-0.4, -0.2) is 18.8 Å². The summed E-state index contributed by atoms with van der Waals surface area (Å²) in [5.74, 6) is -0.269. The molecule has 3 rings (SSSR count). The molecule has 1 N–H and O–H groups in total. The Balaban J connectivity index is 2.03. The average molecular weight is 332 g/mol. The summed E-state index contributed by atoms with van der Waals surface area (Å²) in [4.78, 5) is 22.8. The van der Waals surface area contributed by atoms with E-state index in [-0.39, 0.29) is 18.3 Å². The number of carbonyl (C=O) groups excluding carboxylic acids is 2. The van der Waals surface area contributed by atoms with Crippen LogP contribution < -0.4 is 10.1 Å². The molecule has 1 aliphatic rings. The van der Waals surface area contributed by atoms with Crippen LogP contribution in [-0.2, 0) is 9.59 Å². The third kappa shape index (κ3) is 3.24. The van der Waals surface area contributed by atoms with Crippen molar-refractivity contribution in [2.24, 2.45) is 0 Å². The first kappa shape index (κ1) is 15.2. The van der Waals surface area contributed by atoms with Crippen molar-refractivity contribution in [1.29, 1.82) is 0 Å². The standard InChI is InChI=1S/C17H11ClFNO3/c18-14-6-11(7-15-17(14)23-9-16(22)20-15)12(8-21)5-10-1-3-13(19)4-2-10/h1-8H,9H2,(H,20,22)/b12-5+. The number of anilines is 1.